The van der Waals surface area contributed by atoms with Crippen molar-refractivity contribution in [1.29, 1.82) is 0 Å². The van der Waals surface area contributed by atoms with Gasteiger partial charge in [0.2, 0.25) is 0 Å². The van der Waals surface area contributed by atoms with Crippen molar-refractivity contribution in [3.8, 4) is 0 Å². The lowest BCUT2D eigenvalue weighted by Crippen LogP contribution is -2.17. The molecule has 0 aliphatic rings. The number of furan rings is 1. The minimum Gasteiger partial charge on any atom is -0.472 e. The van der Waals surface area contributed by atoms with Crippen LogP contribution in [0.5, 0.6) is 0 Å². The van der Waals surface area contributed by atoms with Crippen LogP contribution in [0.2, 0.25) is 0 Å². The molecule has 4 heteroatoms. The van der Waals surface area contributed by atoms with E-state index >= 15 is 0 Å². The first kappa shape index (κ1) is 10.4. The monoisotopic (exact) mass is 222 g/mol. The van der Waals surface area contributed by atoms with Gasteiger partial charge in [0.1, 0.15) is 5.01 Å². The van der Waals surface area contributed by atoms with E-state index in [0.717, 1.165) is 17.1 Å². The van der Waals surface area contributed by atoms with Crippen molar-refractivity contribution < 1.29 is 4.42 Å². The van der Waals surface area contributed by atoms with Crippen molar-refractivity contribution >= 4 is 11.3 Å². The first-order valence-electron chi connectivity index (χ1n) is 4.92. The Bertz CT molecular complexity index is 408. The zero-order chi connectivity index (χ0) is 10.7. The van der Waals surface area contributed by atoms with E-state index in [4.69, 9.17) is 4.42 Å². The van der Waals surface area contributed by atoms with E-state index in [1.54, 1.807) is 23.9 Å². The molecule has 1 N–H and O–H groups in total. The summed E-state index contributed by atoms with van der Waals surface area (Å²) in [5.74, 6) is 0. The number of nitrogens with one attached hydrogen (secondary N) is 1. The van der Waals surface area contributed by atoms with Gasteiger partial charge in [-0.25, -0.2) is 4.98 Å². The quantitative estimate of drug-likeness (QED) is 0.864. The Morgan fingerprint density at radius 3 is 3.07 bits per heavy atom. The van der Waals surface area contributed by atoms with Crippen molar-refractivity contribution in [2.75, 3.05) is 0 Å². The Hall–Kier alpha value is -1.13. The van der Waals surface area contributed by atoms with Crippen LogP contribution in [0.1, 0.15) is 28.4 Å². The molecule has 0 fully saturated rings. The maximum absolute atomic E-state index is 5.00. The first-order chi connectivity index (χ1) is 7.25. The predicted molar refractivity (Wildman–Crippen MR) is 60.8 cm³/mol. The van der Waals surface area contributed by atoms with Gasteiger partial charge in [-0.2, -0.15) is 0 Å². The maximum atomic E-state index is 5.00. The average molecular weight is 222 g/mol. The first-order valence-corrected chi connectivity index (χ1v) is 5.74. The van der Waals surface area contributed by atoms with E-state index in [2.05, 4.69) is 24.1 Å². The molecule has 0 bridgehead atoms. The standard InChI is InChI=1S/C11H14N2OS/c1-8-5-13-11(15-8)9(2)12-6-10-3-4-14-7-10/h3-5,7,9,12H,6H2,1-2H3. The Labute approximate surface area is 93.2 Å². The molecule has 0 amide bonds. The number of thiazole rings is 1. The molecule has 1 atom stereocenters. The van der Waals surface area contributed by atoms with E-state index in [1.807, 2.05) is 12.3 Å². The molecule has 0 aliphatic heterocycles. The molecular weight excluding hydrogens is 208 g/mol. The Kier molecular flexibility index (Phi) is 3.18. The SMILES string of the molecule is Cc1cnc(C(C)NCc2ccoc2)s1. The van der Waals surface area contributed by atoms with E-state index in [-0.39, 0.29) is 0 Å². The molecule has 0 saturated carbocycles. The molecule has 2 heterocycles. The Morgan fingerprint density at radius 1 is 1.60 bits per heavy atom. The fraction of sp³-hybridized carbons (Fsp3) is 0.364. The van der Waals surface area contributed by atoms with Crippen LogP contribution >= 0.6 is 11.3 Å². The second kappa shape index (κ2) is 4.59. The summed E-state index contributed by atoms with van der Waals surface area (Å²) in [5, 5.41) is 4.54. The number of aromatic nitrogens is 1. The summed E-state index contributed by atoms with van der Waals surface area (Å²) in [7, 11) is 0. The van der Waals surface area contributed by atoms with Gasteiger partial charge in [-0.15, -0.1) is 11.3 Å². The molecule has 2 aromatic rings. The van der Waals surface area contributed by atoms with Gasteiger partial charge in [0, 0.05) is 23.2 Å². The summed E-state index contributed by atoms with van der Waals surface area (Å²) < 4.78 is 5.00. The molecule has 0 aromatic carbocycles. The fourth-order valence-corrected chi connectivity index (χ4v) is 2.12. The van der Waals surface area contributed by atoms with Crippen LogP contribution < -0.4 is 5.32 Å². The summed E-state index contributed by atoms with van der Waals surface area (Å²) in [4.78, 5) is 5.60. The highest BCUT2D eigenvalue weighted by Gasteiger charge is 2.08. The summed E-state index contributed by atoms with van der Waals surface area (Å²) in [6.07, 6.45) is 5.36. The van der Waals surface area contributed by atoms with E-state index in [0.29, 0.717) is 6.04 Å². The number of hydrogen-bond acceptors (Lipinski definition) is 4. The van der Waals surface area contributed by atoms with Crippen LogP contribution in [-0.4, -0.2) is 4.98 Å². The van der Waals surface area contributed by atoms with Gasteiger partial charge in [-0.3, -0.25) is 0 Å². The maximum Gasteiger partial charge on any atom is 0.109 e. The Balaban J connectivity index is 1.90. The lowest BCUT2D eigenvalue weighted by Gasteiger charge is -2.09. The second-order valence-electron chi connectivity index (χ2n) is 3.54. The molecule has 2 aromatic heterocycles. The van der Waals surface area contributed by atoms with Crippen molar-refractivity contribution in [3.63, 3.8) is 0 Å². The highest BCUT2D eigenvalue weighted by Crippen LogP contribution is 2.19. The van der Waals surface area contributed by atoms with Crippen molar-refractivity contribution in [1.82, 2.24) is 10.3 Å². The van der Waals surface area contributed by atoms with Crippen LogP contribution in [-0.2, 0) is 6.54 Å². The summed E-state index contributed by atoms with van der Waals surface area (Å²) >= 11 is 1.74. The third kappa shape index (κ3) is 2.67. The van der Waals surface area contributed by atoms with E-state index in [9.17, 15) is 0 Å². The second-order valence-corrected chi connectivity index (χ2v) is 4.81. The number of hydrogen-bond donors (Lipinski definition) is 1. The molecule has 3 nitrogen and oxygen atoms in total. The zero-order valence-corrected chi connectivity index (χ0v) is 9.67. The molecule has 0 saturated heterocycles. The van der Waals surface area contributed by atoms with Crippen molar-refractivity contribution in [2.45, 2.75) is 26.4 Å². The summed E-state index contributed by atoms with van der Waals surface area (Å²) in [6.45, 7) is 5.01. The van der Waals surface area contributed by atoms with Gasteiger partial charge in [-0.05, 0) is 19.9 Å². The largest absolute Gasteiger partial charge is 0.472 e. The average Bonchev–Trinajstić information content (AvgIpc) is 2.84. The Morgan fingerprint density at radius 2 is 2.47 bits per heavy atom. The summed E-state index contributed by atoms with van der Waals surface area (Å²) in [5.41, 5.74) is 1.16. The minimum atomic E-state index is 0.290. The molecular formula is C11H14N2OS. The van der Waals surface area contributed by atoms with Gasteiger partial charge in [0.05, 0.1) is 18.6 Å². The number of aryl methyl sites for hydroxylation is 1. The van der Waals surface area contributed by atoms with Gasteiger partial charge in [0.15, 0.2) is 0 Å². The molecule has 0 radical (unpaired) electrons. The highest BCUT2D eigenvalue weighted by molar-refractivity contribution is 7.11. The van der Waals surface area contributed by atoms with E-state index in [1.165, 1.54) is 4.88 Å². The van der Waals surface area contributed by atoms with Crippen LogP contribution in [0, 0.1) is 6.92 Å². The van der Waals surface area contributed by atoms with Gasteiger partial charge in [0.25, 0.3) is 0 Å². The zero-order valence-electron chi connectivity index (χ0n) is 8.86. The number of rotatable bonds is 4. The molecule has 15 heavy (non-hydrogen) atoms. The summed E-state index contributed by atoms with van der Waals surface area (Å²) in [6, 6.07) is 2.26. The molecule has 0 aliphatic carbocycles. The van der Waals surface area contributed by atoms with Crippen LogP contribution in [0.25, 0.3) is 0 Å². The molecule has 2 rings (SSSR count). The van der Waals surface area contributed by atoms with Crippen LogP contribution in [0.4, 0.5) is 0 Å². The predicted octanol–water partition coefficient (Wildman–Crippen LogP) is 2.90. The smallest absolute Gasteiger partial charge is 0.109 e. The molecule has 80 valence electrons. The third-order valence-electron chi connectivity index (χ3n) is 2.20. The van der Waals surface area contributed by atoms with E-state index < -0.39 is 0 Å². The lowest BCUT2D eigenvalue weighted by atomic mass is 10.3. The van der Waals surface area contributed by atoms with Crippen molar-refractivity contribution in [3.05, 3.63) is 40.2 Å². The van der Waals surface area contributed by atoms with Gasteiger partial charge in [-0.1, -0.05) is 0 Å². The number of nitrogens with zero attached hydrogens (tertiary/aromatic N) is 1. The van der Waals surface area contributed by atoms with Gasteiger partial charge < -0.3 is 9.73 Å². The normalized spacial score (nSPS) is 12.9. The highest BCUT2D eigenvalue weighted by atomic mass is 32.1. The molecule has 0 spiro atoms. The minimum absolute atomic E-state index is 0.290. The topological polar surface area (TPSA) is 38.1 Å². The fourth-order valence-electron chi connectivity index (χ4n) is 1.32. The van der Waals surface area contributed by atoms with Crippen LogP contribution in [0.3, 0.4) is 0 Å². The molecule has 1 unspecified atom stereocenters. The third-order valence-corrected chi connectivity index (χ3v) is 3.30. The lowest BCUT2D eigenvalue weighted by molar-refractivity contribution is 0.546. The van der Waals surface area contributed by atoms with Crippen LogP contribution in [0.15, 0.2) is 29.2 Å². The van der Waals surface area contributed by atoms with Gasteiger partial charge >= 0.3 is 0 Å². The van der Waals surface area contributed by atoms with Crippen molar-refractivity contribution in [2.24, 2.45) is 0 Å².